The molecule has 192 valence electrons. The van der Waals surface area contributed by atoms with Crippen LogP contribution < -0.4 is 5.32 Å². The highest BCUT2D eigenvalue weighted by molar-refractivity contribution is 7.93. The van der Waals surface area contributed by atoms with Crippen LogP contribution in [0.2, 0.25) is 0 Å². The Morgan fingerprint density at radius 1 is 1.17 bits per heavy atom. The van der Waals surface area contributed by atoms with Crippen LogP contribution in [0.1, 0.15) is 38.2 Å². The summed E-state index contributed by atoms with van der Waals surface area (Å²) in [6, 6.07) is 11.4. The van der Waals surface area contributed by atoms with E-state index in [0.717, 1.165) is 25.2 Å². The highest BCUT2D eigenvalue weighted by Crippen LogP contribution is 2.65. The lowest BCUT2D eigenvalue weighted by Crippen LogP contribution is -2.63. The molecule has 1 saturated heterocycles. The Balaban J connectivity index is 1.09. The van der Waals surface area contributed by atoms with Gasteiger partial charge < -0.3 is 14.8 Å². The molecule has 7 rings (SSSR count). The number of benzene rings is 2. The minimum atomic E-state index is -3.47. The molecule has 4 fully saturated rings. The highest BCUT2D eigenvalue weighted by Gasteiger charge is 2.60. The van der Waals surface area contributed by atoms with E-state index in [4.69, 9.17) is 4.84 Å². The van der Waals surface area contributed by atoms with Gasteiger partial charge in [0.05, 0.1) is 15.4 Å². The number of hydrogen-bond acceptors (Lipinski definition) is 7. The molecule has 2 aromatic rings. The molecule has 5 aliphatic rings. The SMILES string of the molecule is CN1CC(C)(S(=O)(=O)c2ccc(-c3ccc(C4=NO[C@@H](CNC(O)C56CC(C5)C6)C4)cc3F)cc2)C1. The normalized spacial score (nSPS) is 29.4. The van der Waals surface area contributed by atoms with Gasteiger partial charge in [-0.2, -0.15) is 0 Å². The number of halogens is 1. The maximum atomic E-state index is 15.1. The average molecular weight is 514 g/mol. The largest absolute Gasteiger partial charge is 0.390 e. The summed E-state index contributed by atoms with van der Waals surface area (Å²) in [5, 5.41) is 17.8. The van der Waals surface area contributed by atoms with Crippen molar-refractivity contribution in [3.63, 3.8) is 0 Å². The lowest BCUT2D eigenvalue weighted by molar-refractivity contribution is -0.194. The number of nitrogens with one attached hydrogen (secondary N) is 1. The second-order valence-corrected chi connectivity index (χ2v) is 13.9. The van der Waals surface area contributed by atoms with Gasteiger partial charge in [0.2, 0.25) is 0 Å². The summed E-state index contributed by atoms with van der Waals surface area (Å²) in [6.07, 6.45) is 3.15. The van der Waals surface area contributed by atoms with Gasteiger partial charge in [-0.05, 0) is 62.9 Å². The van der Waals surface area contributed by atoms with Crippen molar-refractivity contribution in [1.29, 1.82) is 0 Å². The van der Waals surface area contributed by atoms with Gasteiger partial charge in [-0.15, -0.1) is 0 Å². The molecular weight excluding hydrogens is 481 g/mol. The lowest BCUT2D eigenvalue weighted by Gasteiger charge is -2.63. The fraction of sp³-hybridized carbons (Fsp3) is 0.519. The summed E-state index contributed by atoms with van der Waals surface area (Å²) in [4.78, 5) is 7.76. The number of sulfone groups is 1. The molecule has 1 unspecified atom stereocenters. The number of aliphatic hydroxyl groups is 1. The Morgan fingerprint density at radius 3 is 2.42 bits per heavy atom. The maximum absolute atomic E-state index is 15.1. The number of aliphatic hydroxyl groups excluding tert-OH is 1. The molecule has 0 aromatic heterocycles. The van der Waals surface area contributed by atoms with E-state index in [1.54, 1.807) is 37.3 Å². The van der Waals surface area contributed by atoms with Gasteiger partial charge in [-0.1, -0.05) is 29.4 Å². The molecule has 3 saturated carbocycles. The van der Waals surface area contributed by atoms with Crippen molar-refractivity contribution in [1.82, 2.24) is 10.2 Å². The zero-order valence-electron chi connectivity index (χ0n) is 20.6. The first kappa shape index (κ1) is 24.0. The maximum Gasteiger partial charge on any atom is 0.186 e. The molecule has 0 amide bonds. The number of hydrogen-bond donors (Lipinski definition) is 2. The van der Waals surface area contributed by atoms with Gasteiger partial charge in [0, 0.05) is 42.6 Å². The molecule has 7 nitrogen and oxygen atoms in total. The van der Waals surface area contributed by atoms with Crippen molar-refractivity contribution < 1.29 is 22.8 Å². The van der Waals surface area contributed by atoms with Crippen LogP contribution in [-0.4, -0.2) is 67.9 Å². The molecular formula is C27H32FN3O4S. The van der Waals surface area contributed by atoms with E-state index in [-0.39, 0.29) is 16.4 Å². The molecule has 3 aliphatic carbocycles. The standard InChI is InChI=1S/C27H32FN3O4S/c1-26(15-31(2)16-26)36(33,34)21-6-3-18(4-7-21)22-8-5-19(9-23(22)28)24-10-20(35-30-24)14-29-25(32)27-11-17(12-27)13-27/h3-9,17,20,25,29,32H,10-16H2,1-2H3/t17?,20-,25?,27?/m1/s1. The topological polar surface area (TPSA) is 91.2 Å². The number of rotatable bonds is 8. The molecule has 2 heterocycles. The first-order valence-corrected chi connectivity index (χ1v) is 14.0. The Labute approximate surface area is 211 Å². The van der Waals surface area contributed by atoms with E-state index < -0.39 is 26.6 Å². The summed E-state index contributed by atoms with van der Waals surface area (Å²) < 4.78 is 40.3. The molecule has 0 spiro atoms. The van der Waals surface area contributed by atoms with E-state index >= 15 is 4.39 Å². The molecule has 0 radical (unpaired) electrons. The van der Waals surface area contributed by atoms with Crippen LogP contribution in [0, 0.1) is 17.2 Å². The van der Waals surface area contributed by atoms with Crippen LogP contribution in [0.3, 0.4) is 0 Å². The second kappa shape index (κ2) is 8.34. The van der Waals surface area contributed by atoms with E-state index in [9.17, 15) is 13.5 Å². The highest BCUT2D eigenvalue weighted by atomic mass is 32.2. The molecule has 2 atom stereocenters. The smallest absolute Gasteiger partial charge is 0.186 e. The summed E-state index contributed by atoms with van der Waals surface area (Å²) >= 11 is 0. The van der Waals surface area contributed by atoms with Crippen molar-refractivity contribution in [2.75, 3.05) is 26.7 Å². The van der Waals surface area contributed by atoms with Crippen molar-refractivity contribution >= 4 is 15.5 Å². The zero-order chi connectivity index (χ0) is 25.3. The summed E-state index contributed by atoms with van der Waals surface area (Å²) in [5.74, 6) is 0.403. The fourth-order valence-corrected chi connectivity index (χ4v) is 8.18. The molecule has 2 bridgehead atoms. The number of likely N-dealkylation sites (tertiary alicyclic amines) is 1. The van der Waals surface area contributed by atoms with Gasteiger partial charge in [-0.25, -0.2) is 12.8 Å². The first-order valence-electron chi connectivity index (χ1n) is 12.6. The molecule has 9 heteroatoms. The first-order chi connectivity index (χ1) is 17.1. The van der Waals surface area contributed by atoms with Crippen LogP contribution in [0.4, 0.5) is 4.39 Å². The van der Waals surface area contributed by atoms with Gasteiger partial charge in [-0.3, -0.25) is 5.32 Å². The van der Waals surface area contributed by atoms with Crippen molar-refractivity contribution in [2.45, 2.75) is 54.6 Å². The van der Waals surface area contributed by atoms with E-state index in [1.165, 1.54) is 6.07 Å². The summed E-state index contributed by atoms with van der Waals surface area (Å²) in [7, 11) is -1.57. The fourth-order valence-electron chi connectivity index (χ4n) is 6.34. The Bertz CT molecular complexity index is 1300. The van der Waals surface area contributed by atoms with Crippen molar-refractivity contribution in [3.05, 3.63) is 53.8 Å². The Morgan fingerprint density at radius 2 is 1.83 bits per heavy atom. The third-order valence-corrected chi connectivity index (χ3v) is 11.0. The minimum absolute atomic E-state index is 0.0696. The van der Waals surface area contributed by atoms with Crippen LogP contribution in [0.15, 0.2) is 52.5 Å². The number of nitrogens with zero attached hydrogens (tertiary/aromatic N) is 2. The third-order valence-electron chi connectivity index (χ3n) is 8.57. The summed E-state index contributed by atoms with van der Waals surface area (Å²) in [5.41, 5.74) is 2.41. The number of oxime groups is 1. The second-order valence-electron chi connectivity index (χ2n) is 11.5. The molecule has 2 aliphatic heterocycles. The van der Waals surface area contributed by atoms with E-state index in [2.05, 4.69) is 10.5 Å². The minimum Gasteiger partial charge on any atom is -0.390 e. The van der Waals surface area contributed by atoms with Crippen LogP contribution in [0.25, 0.3) is 11.1 Å². The van der Waals surface area contributed by atoms with Crippen molar-refractivity contribution in [3.8, 4) is 11.1 Å². The zero-order valence-corrected chi connectivity index (χ0v) is 21.4. The summed E-state index contributed by atoms with van der Waals surface area (Å²) in [6.45, 7) is 3.26. The van der Waals surface area contributed by atoms with Crippen LogP contribution in [0.5, 0.6) is 0 Å². The molecule has 36 heavy (non-hydrogen) atoms. The Kier molecular flexibility index (Phi) is 5.57. The average Bonchev–Trinajstić information content (AvgIpc) is 3.24. The predicted octanol–water partition coefficient (Wildman–Crippen LogP) is 3.17. The van der Waals surface area contributed by atoms with Crippen LogP contribution >= 0.6 is 0 Å². The van der Waals surface area contributed by atoms with E-state index in [1.807, 2.05) is 18.0 Å². The Hall–Kier alpha value is -2.33. The van der Waals surface area contributed by atoms with Crippen molar-refractivity contribution in [2.24, 2.45) is 16.5 Å². The van der Waals surface area contributed by atoms with Gasteiger partial charge in [0.25, 0.3) is 0 Å². The monoisotopic (exact) mass is 513 g/mol. The quantitative estimate of drug-likeness (QED) is 0.527. The van der Waals surface area contributed by atoms with Gasteiger partial charge >= 0.3 is 0 Å². The van der Waals surface area contributed by atoms with Crippen LogP contribution in [-0.2, 0) is 14.7 Å². The molecule has 2 N–H and O–H groups in total. The lowest BCUT2D eigenvalue weighted by atomic mass is 9.43. The van der Waals surface area contributed by atoms with E-state index in [0.29, 0.717) is 48.5 Å². The van der Waals surface area contributed by atoms with Gasteiger partial charge in [0.1, 0.15) is 18.1 Å². The molecule has 2 aromatic carbocycles. The third kappa shape index (κ3) is 3.79. The van der Waals surface area contributed by atoms with Gasteiger partial charge in [0.15, 0.2) is 9.84 Å². The predicted molar refractivity (Wildman–Crippen MR) is 135 cm³/mol.